The van der Waals surface area contributed by atoms with Gasteiger partial charge in [-0.05, 0) is 81.7 Å². The first kappa shape index (κ1) is 47.1. The number of nitrogens with one attached hydrogen (secondary N) is 3. The van der Waals surface area contributed by atoms with E-state index in [9.17, 15) is 31.2 Å². The van der Waals surface area contributed by atoms with Gasteiger partial charge < -0.3 is 25.7 Å². The van der Waals surface area contributed by atoms with Gasteiger partial charge in [0.05, 0.1) is 0 Å². The first-order valence-corrected chi connectivity index (χ1v) is 15.9. The van der Waals surface area contributed by atoms with Crippen molar-refractivity contribution in [2.45, 2.75) is 105 Å². The normalized spacial score (nSPS) is 11.8. The van der Waals surface area contributed by atoms with Gasteiger partial charge in [-0.15, -0.1) is 12.4 Å². The molecule has 1 amide bonds. The number of ether oxygens (including phenoxy) is 3. The minimum absolute atomic E-state index is 0. The fraction of sp³-hybridized carbons (Fsp3) is 0.870. The van der Waals surface area contributed by atoms with Gasteiger partial charge in [0.15, 0.2) is 0 Å². The van der Waals surface area contributed by atoms with E-state index in [-0.39, 0.29) is 56.5 Å². The third kappa shape index (κ3) is 42.7. The van der Waals surface area contributed by atoms with Crippen molar-refractivity contribution in [2.24, 2.45) is 16.6 Å². The zero-order valence-electron chi connectivity index (χ0n) is 26.2. The van der Waals surface area contributed by atoms with Crippen molar-refractivity contribution < 1.29 is 45.4 Å². The average Bonchev–Trinajstić information content (AvgIpc) is 2.70. The molecule has 0 rings (SSSR count). The highest BCUT2D eigenvalue weighted by molar-refractivity contribution is 7.88. The lowest BCUT2D eigenvalue weighted by Gasteiger charge is -2.20. The molecule has 0 aliphatic carbocycles. The molecule has 19 heteroatoms. The van der Waals surface area contributed by atoms with Crippen LogP contribution in [0, 0.1) is 0 Å². The number of hydrogen-bond acceptors (Lipinski definition) is 12. The predicted molar refractivity (Wildman–Crippen MR) is 163 cm³/mol. The highest BCUT2D eigenvalue weighted by atomic mass is 35.5. The molecule has 16 nitrogen and oxygen atoms in total. The van der Waals surface area contributed by atoms with E-state index in [4.69, 9.17) is 25.7 Å². The van der Waals surface area contributed by atoms with Crippen LogP contribution in [0.1, 0.15) is 88.0 Å². The smallest absolute Gasteiger partial charge is 0.422 e. The van der Waals surface area contributed by atoms with Gasteiger partial charge in [-0.25, -0.2) is 19.4 Å². The van der Waals surface area contributed by atoms with Crippen LogP contribution >= 0.6 is 12.4 Å². The summed E-state index contributed by atoms with van der Waals surface area (Å²) in [7, 11) is -7.53. The third-order valence-corrected chi connectivity index (χ3v) is 4.97. The van der Waals surface area contributed by atoms with Crippen LogP contribution in [0.15, 0.2) is 0 Å². The summed E-state index contributed by atoms with van der Waals surface area (Å²) in [6, 6.07) is 0. The molecule has 254 valence electrons. The first-order chi connectivity index (χ1) is 18.2. The number of nitrogens with two attached hydrogens (primary N) is 3. The van der Waals surface area contributed by atoms with Crippen molar-refractivity contribution in [1.29, 1.82) is 0 Å². The summed E-state index contributed by atoms with van der Waals surface area (Å²) >= 11 is 0. The minimum Gasteiger partial charge on any atom is -0.460 e. The second-order valence-electron chi connectivity index (χ2n) is 11.4. The van der Waals surface area contributed by atoms with E-state index in [0.29, 0.717) is 19.4 Å². The SMILES string of the molecule is CC(C)(C)OC(=O)CCCN.CC(C)(C)OC(=O)CCCNS(=O)(=O)NC(=O)OC(C)(C)C.Cl.NCCNS(N)(=O)=O. The summed E-state index contributed by atoms with van der Waals surface area (Å²) in [5, 5.41) is 4.53. The molecule has 0 radical (unpaired) electrons. The lowest BCUT2D eigenvalue weighted by atomic mass is 10.2. The average molecular weight is 673 g/mol. The molecule has 0 aromatic carbocycles. The fourth-order valence-corrected chi connectivity index (χ4v) is 3.27. The van der Waals surface area contributed by atoms with Crippen LogP contribution in [0.2, 0.25) is 0 Å². The third-order valence-electron chi connectivity index (χ3n) is 3.34. The van der Waals surface area contributed by atoms with E-state index in [2.05, 4.69) is 9.86 Å². The molecule has 0 fully saturated rings. The Balaban J connectivity index is -0.000000300. The Bertz CT molecular complexity index is 991. The molecule has 0 saturated heterocycles. The summed E-state index contributed by atoms with van der Waals surface area (Å²) < 4.78 is 63.9. The van der Waals surface area contributed by atoms with Crippen molar-refractivity contribution in [3.05, 3.63) is 0 Å². The fourth-order valence-electron chi connectivity index (χ4n) is 2.12. The topological polar surface area (TPSA) is 261 Å². The van der Waals surface area contributed by atoms with E-state index in [1.807, 2.05) is 25.5 Å². The van der Waals surface area contributed by atoms with E-state index in [1.165, 1.54) is 0 Å². The maximum Gasteiger partial charge on any atom is 0.422 e. The number of halogens is 1. The Labute approximate surface area is 257 Å². The molecule has 0 aliphatic rings. The summed E-state index contributed by atoms with van der Waals surface area (Å²) in [5.74, 6) is -0.574. The van der Waals surface area contributed by atoms with Gasteiger partial charge >= 0.3 is 28.2 Å². The molecule has 42 heavy (non-hydrogen) atoms. The van der Waals surface area contributed by atoms with Crippen LogP contribution in [0.5, 0.6) is 0 Å². The van der Waals surface area contributed by atoms with Crippen LogP contribution in [0.3, 0.4) is 0 Å². The molecule has 0 saturated carbocycles. The number of hydrogen-bond donors (Lipinski definition) is 6. The Morgan fingerprint density at radius 2 is 1.05 bits per heavy atom. The molecule has 0 spiro atoms. The maximum atomic E-state index is 11.6. The summed E-state index contributed by atoms with van der Waals surface area (Å²) in [4.78, 5) is 33.7. The Hall–Kier alpha value is -1.80. The standard InChI is InChI=1S/C13H26N2O6S.C8H17NO2.C2H9N3O2S.ClH/c1-12(2,3)20-10(16)8-7-9-14-22(18,19)15-11(17)21-13(4,5)6;1-8(2,3)11-7(10)5-4-6-9;3-1-2-5-8(4,6)7;/h14H,7-9H2,1-6H3,(H,15,17);4-6,9H2,1-3H3;5H,1-3H2,(H2,4,6,7);1H. The molecule has 0 aromatic rings. The molecule has 0 bridgehead atoms. The summed E-state index contributed by atoms with van der Waals surface area (Å²) in [6.45, 7) is 16.7. The molecule has 0 atom stereocenters. The molecule has 0 heterocycles. The van der Waals surface area contributed by atoms with E-state index in [1.54, 1.807) is 46.3 Å². The number of esters is 2. The van der Waals surface area contributed by atoms with Crippen LogP contribution in [-0.4, -0.2) is 77.8 Å². The van der Waals surface area contributed by atoms with Gasteiger partial charge in [-0.1, -0.05) is 0 Å². The van der Waals surface area contributed by atoms with Gasteiger partial charge in [0.25, 0.3) is 10.2 Å². The maximum absolute atomic E-state index is 11.6. The lowest BCUT2D eigenvalue weighted by Crippen LogP contribution is -2.43. The van der Waals surface area contributed by atoms with Crippen molar-refractivity contribution in [2.75, 3.05) is 26.2 Å². The molecular formula is C23H53ClN6O10S2. The second kappa shape index (κ2) is 21.8. The number of rotatable bonds is 12. The predicted octanol–water partition coefficient (Wildman–Crippen LogP) is 0.694. The number of amides is 1. The van der Waals surface area contributed by atoms with Crippen molar-refractivity contribution >= 4 is 50.9 Å². The van der Waals surface area contributed by atoms with Gasteiger partial charge in [-0.3, -0.25) is 9.59 Å². The van der Waals surface area contributed by atoms with Crippen molar-refractivity contribution in [1.82, 2.24) is 14.2 Å². The Kier molecular flexibility index (Phi) is 24.5. The highest BCUT2D eigenvalue weighted by Crippen LogP contribution is 2.10. The zero-order valence-corrected chi connectivity index (χ0v) is 28.6. The molecular weight excluding hydrogens is 620 g/mol. The van der Waals surface area contributed by atoms with Gasteiger partial charge in [0.2, 0.25) is 0 Å². The zero-order chi connectivity index (χ0) is 33.1. The molecule has 0 aromatic heterocycles. The summed E-state index contributed by atoms with van der Waals surface area (Å²) in [6.07, 6.45) is 0.395. The van der Waals surface area contributed by atoms with Crippen LogP contribution in [0.4, 0.5) is 4.79 Å². The van der Waals surface area contributed by atoms with Crippen LogP contribution in [-0.2, 0) is 44.2 Å². The highest BCUT2D eigenvalue weighted by Gasteiger charge is 2.21. The molecule has 0 unspecified atom stereocenters. The Morgan fingerprint density at radius 1 is 0.643 bits per heavy atom. The lowest BCUT2D eigenvalue weighted by molar-refractivity contribution is -0.156. The van der Waals surface area contributed by atoms with Crippen LogP contribution < -0.4 is 30.8 Å². The number of carbonyl (C=O) groups is 3. The quantitative estimate of drug-likeness (QED) is 0.0950. The largest absolute Gasteiger partial charge is 0.460 e. The second-order valence-corrected chi connectivity index (χ2v) is 14.3. The van der Waals surface area contributed by atoms with Crippen LogP contribution in [0.25, 0.3) is 0 Å². The summed E-state index contributed by atoms with van der Waals surface area (Å²) in [5.41, 5.74) is 8.45. The first-order valence-electron chi connectivity index (χ1n) is 12.8. The van der Waals surface area contributed by atoms with E-state index < -0.39 is 43.7 Å². The molecule has 9 N–H and O–H groups in total. The van der Waals surface area contributed by atoms with Gasteiger partial charge in [-0.2, -0.15) is 21.6 Å². The van der Waals surface area contributed by atoms with Gasteiger partial charge in [0, 0.05) is 32.5 Å². The monoisotopic (exact) mass is 672 g/mol. The van der Waals surface area contributed by atoms with Gasteiger partial charge in [0.1, 0.15) is 16.8 Å². The number of carbonyl (C=O) groups excluding carboxylic acids is 3. The van der Waals surface area contributed by atoms with E-state index >= 15 is 0 Å². The van der Waals surface area contributed by atoms with Crippen molar-refractivity contribution in [3.8, 4) is 0 Å². The minimum atomic E-state index is -4.01. The van der Waals surface area contributed by atoms with E-state index in [0.717, 1.165) is 0 Å². The molecule has 0 aliphatic heterocycles. The Morgan fingerprint density at radius 3 is 1.36 bits per heavy atom. The van der Waals surface area contributed by atoms with Crippen molar-refractivity contribution in [3.63, 3.8) is 0 Å².